The Morgan fingerprint density at radius 2 is 2.27 bits per heavy atom. The van der Waals surface area contributed by atoms with Crippen LogP contribution in [-0.4, -0.2) is 22.1 Å². The molecule has 0 bridgehead atoms. The van der Waals surface area contributed by atoms with Gasteiger partial charge in [0.15, 0.2) is 5.82 Å². The third kappa shape index (κ3) is 3.32. The van der Waals surface area contributed by atoms with E-state index in [0.717, 1.165) is 0 Å². The molecule has 1 rings (SSSR count). The summed E-state index contributed by atoms with van der Waals surface area (Å²) < 4.78 is 4.76. The van der Waals surface area contributed by atoms with E-state index >= 15 is 0 Å². The number of nitrogens with zero attached hydrogens (tertiary/aromatic N) is 2. The van der Waals surface area contributed by atoms with Crippen LogP contribution in [0.1, 0.15) is 25.6 Å². The monoisotopic (exact) mass is 212 g/mol. The molecule has 3 N–H and O–H groups in total. The van der Waals surface area contributed by atoms with Crippen LogP contribution in [0, 0.1) is 12.8 Å². The Morgan fingerprint density at radius 3 is 2.73 bits per heavy atom. The highest BCUT2D eigenvalue weighted by molar-refractivity contribution is 5.81. The Balaban J connectivity index is 2.40. The average molecular weight is 212 g/mol. The lowest BCUT2D eigenvalue weighted by Gasteiger charge is -2.14. The summed E-state index contributed by atoms with van der Waals surface area (Å²) in [6.45, 7) is 5.72. The number of hydrogen-bond donors (Lipinski definition) is 2. The van der Waals surface area contributed by atoms with Crippen LogP contribution >= 0.6 is 0 Å². The van der Waals surface area contributed by atoms with Gasteiger partial charge in [0.2, 0.25) is 11.8 Å². The number of aromatic nitrogens is 2. The van der Waals surface area contributed by atoms with Gasteiger partial charge in [0.25, 0.3) is 0 Å². The molecule has 15 heavy (non-hydrogen) atoms. The van der Waals surface area contributed by atoms with Crippen LogP contribution in [0.25, 0.3) is 0 Å². The van der Waals surface area contributed by atoms with Crippen molar-refractivity contribution >= 4 is 5.91 Å². The first-order chi connectivity index (χ1) is 7.00. The number of carbonyl (C=O) groups is 1. The molecule has 0 saturated carbocycles. The molecule has 1 amide bonds. The number of aryl methyl sites for hydroxylation is 1. The Labute approximate surface area is 88.2 Å². The quantitative estimate of drug-likeness (QED) is 0.731. The standard InChI is InChI=1S/C9H16N4O2/c1-5(2)8(10)9(14)11-4-7-12-6(3)15-13-7/h5,8H,4,10H2,1-3H3,(H,11,14)/t8-/m1/s1. The topological polar surface area (TPSA) is 94.0 Å². The summed E-state index contributed by atoms with van der Waals surface area (Å²) in [4.78, 5) is 15.4. The molecular weight excluding hydrogens is 196 g/mol. The number of hydrogen-bond acceptors (Lipinski definition) is 5. The van der Waals surface area contributed by atoms with Gasteiger partial charge in [-0.15, -0.1) is 0 Å². The average Bonchev–Trinajstić information content (AvgIpc) is 2.59. The summed E-state index contributed by atoms with van der Waals surface area (Å²) in [5.74, 6) is 0.841. The van der Waals surface area contributed by atoms with Gasteiger partial charge in [-0.1, -0.05) is 19.0 Å². The van der Waals surface area contributed by atoms with E-state index in [4.69, 9.17) is 10.3 Å². The summed E-state index contributed by atoms with van der Waals surface area (Å²) in [6, 6.07) is -0.502. The van der Waals surface area contributed by atoms with E-state index in [2.05, 4.69) is 15.5 Å². The summed E-state index contributed by atoms with van der Waals surface area (Å²) in [5.41, 5.74) is 5.65. The summed E-state index contributed by atoms with van der Waals surface area (Å²) in [5, 5.41) is 6.29. The van der Waals surface area contributed by atoms with Crippen LogP contribution in [-0.2, 0) is 11.3 Å². The zero-order valence-electron chi connectivity index (χ0n) is 9.15. The first-order valence-electron chi connectivity index (χ1n) is 4.83. The van der Waals surface area contributed by atoms with E-state index in [9.17, 15) is 4.79 Å². The third-order valence-electron chi connectivity index (χ3n) is 2.01. The molecule has 0 aliphatic heterocycles. The molecule has 6 nitrogen and oxygen atoms in total. The van der Waals surface area contributed by atoms with E-state index in [0.29, 0.717) is 11.7 Å². The van der Waals surface area contributed by atoms with Gasteiger partial charge < -0.3 is 15.6 Å². The van der Waals surface area contributed by atoms with E-state index < -0.39 is 6.04 Å². The first kappa shape index (κ1) is 11.6. The fourth-order valence-electron chi connectivity index (χ4n) is 1.000. The van der Waals surface area contributed by atoms with Crippen molar-refractivity contribution in [3.63, 3.8) is 0 Å². The second-order valence-electron chi connectivity index (χ2n) is 3.72. The van der Waals surface area contributed by atoms with Crippen molar-refractivity contribution in [2.24, 2.45) is 11.7 Å². The van der Waals surface area contributed by atoms with Crippen molar-refractivity contribution in [2.45, 2.75) is 33.4 Å². The molecule has 84 valence electrons. The largest absolute Gasteiger partial charge is 0.347 e. The molecule has 0 fully saturated rings. The Morgan fingerprint density at radius 1 is 1.60 bits per heavy atom. The van der Waals surface area contributed by atoms with Crippen LogP contribution in [0.4, 0.5) is 0 Å². The summed E-state index contributed by atoms with van der Waals surface area (Å²) >= 11 is 0. The van der Waals surface area contributed by atoms with Gasteiger partial charge in [0, 0.05) is 6.92 Å². The lowest BCUT2D eigenvalue weighted by atomic mass is 10.1. The van der Waals surface area contributed by atoms with Crippen molar-refractivity contribution in [1.82, 2.24) is 15.5 Å². The predicted molar refractivity (Wildman–Crippen MR) is 53.7 cm³/mol. The van der Waals surface area contributed by atoms with Crippen LogP contribution in [0.2, 0.25) is 0 Å². The van der Waals surface area contributed by atoms with Crippen LogP contribution in [0.3, 0.4) is 0 Å². The molecule has 0 saturated heterocycles. The van der Waals surface area contributed by atoms with Gasteiger partial charge in [-0.05, 0) is 5.92 Å². The van der Waals surface area contributed by atoms with Gasteiger partial charge in [-0.3, -0.25) is 4.79 Å². The molecule has 0 aromatic carbocycles. The van der Waals surface area contributed by atoms with Gasteiger partial charge in [-0.2, -0.15) is 4.98 Å². The molecular formula is C9H16N4O2. The van der Waals surface area contributed by atoms with Gasteiger partial charge in [-0.25, -0.2) is 0 Å². The molecule has 0 aliphatic carbocycles. The minimum Gasteiger partial charge on any atom is -0.347 e. The third-order valence-corrected chi connectivity index (χ3v) is 2.01. The SMILES string of the molecule is Cc1nc(CNC(=O)[C@H](N)C(C)C)no1. The van der Waals surface area contributed by atoms with Crippen molar-refractivity contribution < 1.29 is 9.32 Å². The van der Waals surface area contributed by atoms with Gasteiger partial charge in [0.05, 0.1) is 12.6 Å². The maximum atomic E-state index is 11.4. The van der Waals surface area contributed by atoms with Gasteiger partial charge in [0.1, 0.15) is 0 Å². The second-order valence-corrected chi connectivity index (χ2v) is 3.72. The van der Waals surface area contributed by atoms with Gasteiger partial charge >= 0.3 is 0 Å². The minimum absolute atomic E-state index is 0.108. The summed E-state index contributed by atoms with van der Waals surface area (Å²) in [7, 11) is 0. The van der Waals surface area contributed by atoms with E-state index in [1.165, 1.54) is 0 Å². The molecule has 0 spiro atoms. The lowest BCUT2D eigenvalue weighted by Crippen LogP contribution is -2.43. The van der Waals surface area contributed by atoms with Crippen LogP contribution in [0.15, 0.2) is 4.52 Å². The first-order valence-corrected chi connectivity index (χ1v) is 4.83. The molecule has 0 radical (unpaired) electrons. The highest BCUT2D eigenvalue weighted by Gasteiger charge is 2.17. The van der Waals surface area contributed by atoms with E-state index in [-0.39, 0.29) is 18.4 Å². The van der Waals surface area contributed by atoms with Crippen molar-refractivity contribution in [1.29, 1.82) is 0 Å². The molecule has 1 heterocycles. The zero-order chi connectivity index (χ0) is 11.4. The minimum atomic E-state index is -0.502. The fraction of sp³-hybridized carbons (Fsp3) is 0.667. The number of carbonyl (C=O) groups excluding carboxylic acids is 1. The van der Waals surface area contributed by atoms with Crippen molar-refractivity contribution in [2.75, 3.05) is 0 Å². The maximum absolute atomic E-state index is 11.4. The molecule has 0 unspecified atom stereocenters. The number of nitrogens with one attached hydrogen (secondary N) is 1. The Bertz CT molecular complexity index is 335. The predicted octanol–water partition coefficient (Wildman–Crippen LogP) is -0.0225. The maximum Gasteiger partial charge on any atom is 0.237 e. The van der Waals surface area contributed by atoms with Crippen LogP contribution in [0.5, 0.6) is 0 Å². The lowest BCUT2D eigenvalue weighted by molar-refractivity contribution is -0.123. The smallest absolute Gasteiger partial charge is 0.237 e. The van der Waals surface area contributed by atoms with E-state index in [1.807, 2.05) is 13.8 Å². The molecule has 1 atom stereocenters. The molecule has 6 heteroatoms. The number of amides is 1. The molecule has 1 aromatic heterocycles. The number of rotatable bonds is 4. The van der Waals surface area contributed by atoms with E-state index in [1.54, 1.807) is 6.92 Å². The zero-order valence-corrected chi connectivity index (χ0v) is 9.15. The second kappa shape index (κ2) is 4.88. The Hall–Kier alpha value is -1.43. The highest BCUT2D eigenvalue weighted by Crippen LogP contribution is 1.99. The normalized spacial score (nSPS) is 12.9. The molecule has 0 aliphatic rings. The van der Waals surface area contributed by atoms with Crippen molar-refractivity contribution in [3.05, 3.63) is 11.7 Å². The van der Waals surface area contributed by atoms with Crippen LogP contribution < -0.4 is 11.1 Å². The molecule has 1 aromatic rings. The number of nitrogens with two attached hydrogens (primary N) is 1. The Kier molecular flexibility index (Phi) is 3.79. The fourth-order valence-corrected chi connectivity index (χ4v) is 1.000. The highest BCUT2D eigenvalue weighted by atomic mass is 16.5. The summed E-state index contributed by atoms with van der Waals surface area (Å²) in [6.07, 6.45) is 0. The van der Waals surface area contributed by atoms with Crippen molar-refractivity contribution in [3.8, 4) is 0 Å².